The first-order valence-electron chi connectivity index (χ1n) is 13.0. The van der Waals surface area contributed by atoms with Crippen molar-refractivity contribution in [1.29, 1.82) is 0 Å². The van der Waals surface area contributed by atoms with Crippen molar-refractivity contribution in [3.63, 3.8) is 0 Å². The summed E-state index contributed by atoms with van der Waals surface area (Å²) in [7, 11) is 6.41. The summed E-state index contributed by atoms with van der Waals surface area (Å²) in [5, 5.41) is 9.10. The summed E-state index contributed by atoms with van der Waals surface area (Å²) >= 11 is 0. The Morgan fingerprint density at radius 3 is 2.18 bits per heavy atom. The van der Waals surface area contributed by atoms with Gasteiger partial charge in [0.2, 0.25) is 17.7 Å². The number of hydrogen-bond acceptors (Lipinski definition) is 8. The molecule has 0 spiro atoms. The molecular weight excluding hydrogens is 524 g/mol. The Morgan fingerprint density at radius 2 is 1.58 bits per heavy atom. The monoisotopic (exact) mass is 574 g/mol. The second-order valence-electron chi connectivity index (χ2n) is 8.09. The van der Waals surface area contributed by atoms with E-state index in [2.05, 4.69) is 20.9 Å². The quantitative estimate of drug-likeness (QED) is 0.107. The summed E-state index contributed by atoms with van der Waals surface area (Å²) < 4.78 is 9.76. The standard InChI is InChI=1S/C15H30N2O3.C11H16N2O2S2.CH4/c1-16-14(18)11-9-7-5-3-4-6-8-10-12-17-15(19)13-20-2;1-2-15-9-13-10(14)6-8-16-17-11-5-3-4-7-12-11;/h3-13H2,1-2H3,(H,16,18)(H,17,19);3-5,7H,2,6,8-9H2,1H3,(H,13,14);1H4. The topological polar surface area (TPSA) is 119 Å². The molecular formula is C27H50N4O5S2. The van der Waals surface area contributed by atoms with Crippen molar-refractivity contribution in [2.24, 2.45) is 0 Å². The smallest absolute Gasteiger partial charge is 0.245 e. The lowest BCUT2D eigenvalue weighted by atomic mass is 10.1. The molecule has 220 valence electrons. The average molecular weight is 575 g/mol. The van der Waals surface area contributed by atoms with Crippen LogP contribution >= 0.6 is 21.6 Å². The number of unbranched alkanes of at least 4 members (excludes halogenated alkanes) is 7. The lowest BCUT2D eigenvalue weighted by Gasteiger charge is -2.04. The first kappa shape index (κ1) is 38.3. The molecule has 3 amide bonds. The van der Waals surface area contributed by atoms with Crippen LogP contribution in [-0.2, 0) is 23.9 Å². The highest BCUT2D eigenvalue weighted by Gasteiger charge is 2.02. The van der Waals surface area contributed by atoms with Gasteiger partial charge in [-0.25, -0.2) is 4.98 Å². The lowest BCUT2D eigenvalue weighted by Crippen LogP contribution is -2.27. The molecule has 0 aliphatic carbocycles. The van der Waals surface area contributed by atoms with Crippen LogP contribution in [-0.4, -0.2) is 69.1 Å². The fraction of sp³-hybridized carbons (Fsp3) is 0.704. The molecule has 1 aromatic heterocycles. The van der Waals surface area contributed by atoms with E-state index in [-0.39, 0.29) is 31.8 Å². The second kappa shape index (κ2) is 29.7. The van der Waals surface area contributed by atoms with Gasteiger partial charge in [0.15, 0.2) is 0 Å². The first-order chi connectivity index (χ1) is 18.0. The van der Waals surface area contributed by atoms with E-state index in [1.807, 2.05) is 25.1 Å². The highest BCUT2D eigenvalue weighted by atomic mass is 33.1. The number of rotatable bonds is 21. The zero-order valence-corrected chi connectivity index (χ0v) is 24.4. The molecule has 1 heterocycles. The van der Waals surface area contributed by atoms with E-state index in [9.17, 15) is 14.4 Å². The maximum atomic E-state index is 11.3. The maximum Gasteiger partial charge on any atom is 0.245 e. The van der Waals surface area contributed by atoms with Gasteiger partial charge in [0, 0.05) is 52.1 Å². The van der Waals surface area contributed by atoms with Crippen LogP contribution in [0.1, 0.15) is 78.6 Å². The van der Waals surface area contributed by atoms with Crippen LogP contribution in [0.5, 0.6) is 0 Å². The van der Waals surface area contributed by atoms with Crippen LogP contribution in [0.3, 0.4) is 0 Å². The molecule has 0 saturated carbocycles. The van der Waals surface area contributed by atoms with Gasteiger partial charge in [0.25, 0.3) is 0 Å². The van der Waals surface area contributed by atoms with Crippen molar-refractivity contribution in [3.05, 3.63) is 24.4 Å². The summed E-state index contributed by atoms with van der Waals surface area (Å²) in [6.45, 7) is 3.70. The predicted octanol–water partition coefficient (Wildman–Crippen LogP) is 4.96. The van der Waals surface area contributed by atoms with E-state index >= 15 is 0 Å². The minimum atomic E-state index is -0.0383. The fourth-order valence-electron chi connectivity index (χ4n) is 2.96. The van der Waals surface area contributed by atoms with Crippen LogP contribution in [0.15, 0.2) is 29.4 Å². The molecule has 0 aromatic carbocycles. The Morgan fingerprint density at radius 1 is 0.895 bits per heavy atom. The Bertz CT molecular complexity index is 699. The molecule has 0 unspecified atom stereocenters. The van der Waals surface area contributed by atoms with Crippen LogP contribution in [0.2, 0.25) is 0 Å². The van der Waals surface area contributed by atoms with Gasteiger partial charge in [-0.05, 0) is 42.7 Å². The summed E-state index contributed by atoms with van der Waals surface area (Å²) in [5.41, 5.74) is 0. The molecule has 38 heavy (non-hydrogen) atoms. The number of methoxy groups -OCH3 is 1. The largest absolute Gasteiger partial charge is 0.375 e. The van der Waals surface area contributed by atoms with Gasteiger partial charge in [0.1, 0.15) is 18.4 Å². The molecule has 9 nitrogen and oxygen atoms in total. The Hall–Kier alpha value is -1.82. The number of amides is 3. The Kier molecular flexibility index (Phi) is 30.0. The number of ether oxygens (including phenoxy) is 2. The van der Waals surface area contributed by atoms with Gasteiger partial charge in [-0.15, -0.1) is 0 Å². The third-order valence-corrected chi connectivity index (χ3v) is 7.24. The number of aromatic nitrogens is 1. The highest BCUT2D eigenvalue weighted by Crippen LogP contribution is 2.29. The zero-order valence-electron chi connectivity index (χ0n) is 22.7. The third-order valence-electron chi connectivity index (χ3n) is 4.98. The molecule has 0 radical (unpaired) electrons. The van der Waals surface area contributed by atoms with Crippen molar-refractivity contribution in [3.8, 4) is 0 Å². The average Bonchev–Trinajstić information content (AvgIpc) is 2.91. The van der Waals surface area contributed by atoms with Gasteiger partial charge < -0.3 is 25.4 Å². The minimum absolute atomic E-state index is 0. The molecule has 0 fully saturated rings. The van der Waals surface area contributed by atoms with Crippen LogP contribution < -0.4 is 16.0 Å². The van der Waals surface area contributed by atoms with Crippen molar-refractivity contribution in [2.75, 3.05) is 46.4 Å². The van der Waals surface area contributed by atoms with Gasteiger partial charge in [-0.2, -0.15) is 0 Å². The van der Waals surface area contributed by atoms with Crippen molar-refractivity contribution in [2.45, 2.75) is 83.6 Å². The molecule has 1 aromatic rings. The summed E-state index contributed by atoms with van der Waals surface area (Å²) in [6.07, 6.45) is 12.1. The van der Waals surface area contributed by atoms with Gasteiger partial charge in [-0.3, -0.25) is 14.4 Å². The van der Waals surface area contributed by atoms with E-state index in [4.69, 9.17) is 9.47 Å². The summed E-state index contributed by atoms with van der Waals surface area (Å²) in [6, 6.07) is 5.79. The molecule has 0 aliphatic heterocycles. The number of nitrogens with zero attached hydrogens (tertiary/aromatic N) is 1. The predicted molar refractivity (Wildman–Crippen MR) is 159 cm³/mol. The van der Waals surface area contributed by atoms with Crippen LogP contribution in [0.25, 0.3) is 0 Å². The lowest BCUT2D eigenvalue weighted by molar-refractivity contribution is -0.125. The van der Waals surface area contributed by atoms with Crippen LogP contribution in [0.4, 0.5) is 0 Å². The Balaban J connectivity index is 0. The third kappa shape index (κ3) is 27.2. The van der Waals surface area contributed by atoms with Crippen LogP contribution in [0, 0.1) is 0 Å². The fourth-order valence-corrected chi connectivity index (χ4v) is 4.83. The van der Waals surface area contributed by atoms with Gasteiger partial charge >= 0.3 is 0 Å². The van der Waals surface area contributed by atoms with Gasteiger partial charge in [0.05, 0.1) is 0 Å². The molecule has 3 N–H and O–H groups in total. The molecule has 0 atom stereocenters. The molecule has 11 heteroatoms. The molecule has 0 saturated heterocycles. The van der Waals surface area contributed by atoms with E-state index in [0.29, 0.717) is 26.2 Å². The van der Waals surface area contributed by atoms with Crippen molar-refractivity contribution >= 4 is 39.3 Å². The SMILES string of the molecule is C.CCOCNC(=O)CCSSc1ccccn1.CNC(=O)CCCCCCCCCCNC(=O)COC. The number of hydrogen-bond donors (Lipinski definition) is 3. The number of carbonyl (C=O) groups is 3. The van der Waals surface area contributed by atoms with E-state index in [0.717, 1.165) is 43.0 Å². The number of nitrogens with one attached hydrogen (secondary N) is 3. The Labute approximate surface area is 238 Å². The first-order valence-corrected chi connectivity index (χ1v) is 15.4. The molecule has 1 rings (SSSR count). The minimum Gasteiger partial charge on any atom is -0.375 e. The highest BCUT2D eigenvalue weighted by molar-refractivity contribution is 8.76. The molecule has 0 bridgehead atoms. The normalized spacial score (nSPS) is 9.97. The summed E-state index contributed by atoms with van der Waals surface area (Å²) in [5.74, 6) is 0.885. The molecule has 0 aliphatic rings. The number of pyridine rings is 1. The van der Waals surface area contributed by atoms with Crippen molar-refractivity contribution in [1.82, 2.24) is 20.9 Å². The second-order valence-corrected chi connectivity index (χ2v) is 10.5. The van der Waals surface area contributed by atoms with E-state index in [1.165, 1.54) is 32.8 Å². The van der Waals surface area contributed by atoms with Crippen molar-refractivity contribution < 1.29 is 23.9 Å². The van der Waals surface area contributed by atoms with E-state index in [1.54, 1.807) is 34.8 Å². The van der Waals surface area contributed by atoms with Gasteiger partial charge in [-0.1, -0.05) is 62.8 Å². The van der Waals surface area contributed by atoms with E-state index < -0.39 is 0 Å². The zero-order chi connectivity index (χ0) is 27.4. The maximum absolute atomic E-state index is 11.3. The number of carbonyl (C=O) groups excluding carboxylic acids is 3. The summed E-state index contributed by atoms with van der Waals surface area (Å²) in [4.78, 5) is 37.5.